The third-order valence-electron chi connectivity index (χ3n) is 1.11. The minimum atomic E-state index is -1.26. The molecular weight excluding hydrogens is 202 g/mol. The molecule has 0 aromatic rings. The summed E-state index contributed by atoms with van der Waals surface area (Å²) in [7, 11) is 0. The first-order valence-corrected chi connectivity index (χ1v) is 3.87. The molecule has 15 heavy (non-hydrogen) atoms. The van der Waals surface area contributed by atoms with Gasteiger partial charge in [0, 0.05) is 31.0 Å². The maximum atomic E-state index is 10.3. The fraction of sp³-hybridized carbons (Fsp3) is 0.111. The molecule has 0 amide bonds. The Kier molecular flexibility index (Phi) is 6.12. The van der Waals surface area contributed by atoms with E-state index in [0.29, 0.717) is 18.6 Å². The number of aliphatic carboxylic acids is 2. The molecule has 1 aliphatic rings. The van der Waals surface area contributed by atoms with Gasteiger partial charge in [0.2, 0.25) is 0 Å². The van der Waals surface area contributed by atoms with E-state index < -0.39 is 11.9 Å². The summed E-state index contributed by atoms with van der Waals surface area (Å²) < 4.78 is 0. The predicted molar refractivity (Wildman–Crippen MR) is 51.7 cm³/mol. The second kappa shape index (κ2) is 7.19. The molecule has 1 aliphatic heterocycles. The summed E-state index contributed by atoms with van der Waals surface area (Å²) in [5.74, 6) is -2.38. The highest BCUT2D eigenvalue weighted by atomic mass is 16.4. The van der Waals surface area contributed by atoms with Crippen LogP contribution < -0.4 is 0 Å². The molecule has 0 fully saturated rings. The SMILES string of the molecule is O=C(O)C=CC(=O)O.O=C1C=CN=CC1. The molecule has 0 saturated heterocycles. The van der Waals surface area contributed by atoms with Gasteiger partial charge >= 0.3 is 11.9 Å². The van der Waals surface area contributed by atoms with Gasteiger partial charge in [0.1, 0.15) is 0 Å². The molecule has 0 aliphatic carbocycles. The molecule has 6 heteroatoms. The maximum absolute atomic E-state index is 10.3. The van der Waals surface area contributed by atoms with Gasteiger partial charge in [0.25, 0.3) is 0 Å². The average molecular weight is 211 g/mol. The fourth-order valence-electron chi connectivity index (χ4n) is 0.540. The average Bonchev–Trinajstić information content (AvgIpc) is 2.17. The quantitative estimate of drug-likeness (QED) is 0.637. The number of hydrogen-bond acceptors (Lipinski definition) is 4. The van der Waals surface area contributed by atoms with Gasteiger partial charge in [-0.15, -0.1) is 0 Å². The van der Waals surface area contributed by atoms with E-state index in [1.807, 2.05) is 0 Å². The lowest BCUT2D eigenvalue weighted by molar-refractivity contribution is -0.134. The van der Waals surface area contributed by atoms with E-state index in [1.165, 1.54) is 12.3 Å². The van der Waals surface area contributed by atoms with Gasteiger partial charge in [-0.2, -0.15) is 0 Å². The molecule has 0 unspecified atom stereocenters. The first kappa shape index (κ1) is 12.8. The number of carboxylic acid groups (broad SMARTS) is 2. The van der Waals surface area contributed by atoms with Gasteiger partial charge in [0.05, 0.1) is 0 Å². The van der Waals surface area contributed by atoms with E-state index in [0.717, 1.165) is 0 Å². The number of ketones is 1. The van der Waals surface area contributed by atoms with E-state index in [9.17, 15) is 14.4 Å². The van der Waals surface area contributed by atoms with Gasteiger partial charge < -0.3 is 10.2 Å². The van der Waals surface area contributed by atoms with Gasteiger partial charge in [-0.3, -0.25) is 9.79 Å². The van der Waals surface area contributed by atoms with Gasteiger partial charge in [-0.25, -0.2) is 9.59 Å². The number of carbonyl (C=O) groups excluding carboxylic acids is 1. The van der Waals surface area contributed by atoms with E-state index in [2.05, 4.69) is 4.99 Å². The van der Waals surface area contributed by atoms with Crippen molar-refractivity contribution in [3.05, 3.63) is 24.4 Å². The van der Waals surface area contributed by atoms with Crippen LogP contribution in [0.1, 0.15) is 6.42 Å². The lowest BCUT2D eigenvalue weighted by Crippen LogP contribution is -1.95. The molecule has 0 spiro atoms. The highest BCUT2D eigenvalue weighted by Crippen LogP contribution is 1.88. The number of aliphatic imine (C=N–C) groups is 1. The zero-order chi connectivity index (χ0) is 11.7. The topological polar surface area (TPSA) is 104 Å². The Bertz CT molecular complexity index is 324. The molecule has 1 rings (SSSR count). The lowest BCUT2D eigenvalue weighted by Gasteiger charge is -1.88. The molecule has 6 nitrogen and oxygen atoms in total. The van der Waals surface area contributed by atoms with E-state index in [1.54, 1.807) is 6.21 Å². The molecule has 0 bridgehead atoms. The number of allylic oxidation sites excluding steroid dienone is 1. The summed E-state index contributed by atoms with van der Waals surface area (Å²) >= 11 is 0. The second-order valence-corrected chi connectivity index (χ2v) is 2.33. The molecule has 0 atom stereocenters. The molecular formula is C9H9NO5. The van der Waals surface area contributed by atoms with Crippen molar-refractivity contribution in [1.82, 2.24) is 0 Å². The molecule has 1 heterocycles. The standard InChI is InChI=1S/C5H5NO.C4H4O4/c7-5-1-3-6-4-2-5;5-3(6)1-2-4(7)8/h1,3-4H,2H2;1-2H,(H,5,6)(H,7,8). The molecule has 0 saturated carbocycles. The fourth-order valence-corrected chi connectivity index (χ4v) is 0.540. The third kappa shape index (κ3) is 9.68. The van der Waals surface area contributed by atoms with Crippen LogP contribution in [0.4, 0.5) is 0 Å². The molecule has 2 N–H and O–H groups in total. The van der Waals surface area contributed by atoms with Crippen LogP contribution >= 0.6 is 0 Å². The van der Waals surface area contributed by atoms with Crippen molar-refractivity contribution in [2.24, 2.45) is 4.99 Å². The summed E-state index contributed by atoms with van der Waals surface area (Å²) in [4.78, 5) is 33.1. The van der Waals surface area contributed by atoms with Crippen molar-refractivity contribution in [3.8, 4) is 0 Å². The smallest absolute Gasteiger partial charge is 0.328 e. The van der Waals surface area contributed by atoms with Crippen molar-refractivity contribution in [2.45, 2.75) is 6.42 Å². The Hall–Kier alpha value is -2.24. The maximum Gasteiger partial charge on any atom is 0.328 e. The highest BCUT2D eigenvalue weighted by molar-refractivity contribution is 6.00. The summed E-state index contributed by atoms with van der Waals surface area (Å²) in [6.07, 6.45) is 6.16. The van der Waals surface area contributed by atoms with Crippen LogP contribution in [0.3, 0.4) is 0 Å². The Morgan fingerprint density at radius 2 is 1.80 bits per heavy atom. The minimum absolute atomic E-state index is 0.134. The first-order chi connectivity index (χ1) is 7.02. The summed E-state index contributed by atoms with van der Waals surface area (Å²) in [5.41, 5.74) is 0. The Labute approximate surface area is 85.2 Å². The Morgan fingerprint density at radius 3 is 2.00 bits per heavy atom. The van der Waals surface area contributed by atoms with Crippen molar-refractivity contribution < 1.29 is 24.6 Å². The van der Waals surface area contributed by atoms with Crippen LogP contribution in [0.25, 0.3) is 0 Å². The molecule has 0 radical (unpaired) electrons. The molecule has 80 valence electrons. The Balaban J connectivity index is 0.000000262. The second-order valence-electron chi connectivity index (χ2n) is 2.33. The van der Waals surface area contributed by atoms with Crippen molar-refractivity contribution >= 4 is 23.9 Å². The van der Waals surface area contributed by atoms with Crippen molar-refractivity contribution in [2.75, 3.05) is 0 Å². The first-order valence-electron chi connectivity index (χ1n) is 3.87. The lowest BCUT2D eigenvalue weighted by atomic mass is 10.3. The number of carboxylic acids is 2. The normalized spacial score (nSPS) is 13.5. The van der Waals surface area contributed by atoms with Crippen LogP contribution in [-0.2, 0) is 14.4 Å². The van der Waals surface area contributed by atoms with Crippen molar-refractivity contribution in [3.63, 3.8) is 0 Å². The Morgan fingerprint density at radius 1 is 1.27 bits per heavy atom. The van der Waals surface area contributed by atoms with E-state index in [4.69, 9.17) is 10.2 Å². The molecule has 0 aromatic carbocycles. The third-order valence-corrected chi connectivity index (χ3v) is 1.11. The zero-order valence-corrected chi connectivity index (χ0v) is 7.66. The molecule has 0 aromatic heterocycles. The minimum Gasteiger partial charge on any atom is -0.478 e. The van der Waals surface area contributed by atoms with Crippen LogP contribution in [-0.4, -0.2) is 34.1 Å². The van der Waals surface area contributed by atoms with Crippen LogP contribution in [0.15, 0.2) is 29.4 Å². The van der Waals surface area contributed by atoms with Gasteiger partial charge in [-0.05, 0) is 6.08 Å². The van der Waals surface area contributed by atoms with Crippen LogP contribution in [0, 0.1) is 0 Å². The van der Waals surface area contributed by atoms with E-state index in [-0.39, 0.29) is 5.78 Å². The largest absolute Gasteiger partial charge is 0.478 e. The summed E-state index contributed by atoms with van der Waals surface area (Å²) in [6.45, 7) is 0. The zero-order valence-electron chi connectivity index (χ0n) is 7.66. The predicted octanol–water partition coefficient (Wildman–Crippen LogP) is 0.256. The highest BCUT2D eigenvalue weighted by Gasteiger charge is 1.93. The number of carbonyl (C=O) groups is 3. The number of nitrogens with zero attached hydrogens (tertiary/aromatic N) is 1. The van der Waals surface area contributed by atoms with Crippen molar-refractivity contribution in [1.29, 1.82) is 0 Å². The monoisotopic (exact) mass is 211 g/mol. The van der Waals surface area contributed by atoms with Crippen LogP contribution in [0.5, 0.6) is 0 Å². The summed E-state index contributed by atoms with van der Waals surface area (Å²) in [5, 5.41) is 15.6. The number of rotatable bonds is 2. The van der Waals surface area contributed by atoms with E-state index >= 15 is 0 Å². The van der Waals surface area contributed by atoms with Gasteiger partial charge in [-0.1, -0.05) is 0 Å². The summed E-state index contributed by atoms with van der Waals surface area (Å²) in [6, 6.07) is 0. The van der Waals surface area contributed by atoms with Gasteiger partial charge in [0.15, 0.2) is 5.78 Å². The van der Waals surface area contributed by atoms with Crippen LogP contribution in [0.2, 0.25) is 0 Å². The number of hydrogen-bond donors (Lipinski definition) is 2.